The number of nitrogens with one attached hydrogen (secondary N) is 1. The third-order valence-electron chi connectivity index (χ3n) is 2.82. The van der Waals surface area contributed by atoms with Crippen LogP contribution in [0.2, 0.25) is 0 Å². The molecule has 0 amide bonds. The predicted molar refractivity (Wildman–Crippen MR) is 85.5 cm³/mol. The van der Waals surface area contributed by atoms with E-state index in [1.54, 1.807) is 37.6 Å². The normalized spacial score (nSPS) is 12.6. The van der Waals surface area contributed by atoms with Gasteiger partial charge in [0.15, 0.2) is 0 Å². The molecule has 0 spiro atoms. The van der Waals surface area contributed by atoms with E-state index >= 15 is 0 Å². The summed E-state index contributed by atoms with van der Waals surface area (Å²) >= 11 is 4.63. The second-order valence-corrected chi connectivity index (χ2v) is 8.39. The van der Waals surface area contributed by atoms with Crippen LogP contribution in [0.3, 0.4) is 0 Å². The van der Waals surface area contributed by atoms with Crippen molar-refractivity contribution < 1.29 is 13.5 Å². The first-order chi connectivity index (χ1) is 9.76. The maximum Gasteiger partial charge on any atom is 0.242 e. The molecule has 1 aromatic carbocycles. The van der Waals surface area contributed by atoms with Crippen LogP contribution < -0.4 is 4.72 Å². The molecule has 0 fully saturated rings. The van der Waals surface area contributed by atoms with Gasteiger partial charge in [0.2, 0.25) is 10.0 Å². The predicted octanol–water partition coefficient (Wildman–Crippen LogP) is 2.61. The van der Waals surface area contributed by atoms with Crippen LogP contribution in [0.15, 0.2) is 39.1 Å². The van der Waals surface area contributed by atoms with E-state index in [0.29, 0.717) is 15.0 Å². The van der Waals surface area contributed by atoms with Gasteiger partial charge in [-0.25, -0.2) is 13.4 Å². The first-order valence-corrected chi connectivity index (χ1v) is 9.25. The highest BCUT2D eigenvalue weighted by atomic mass is 79.9. The maximum atomic E-state index is 12.6. The van der Waals surface area contributed by atoms with Crippen LogP contribution in [-0.4, -0.2) is 18.5 Å². The van der Waals surface area contributed by atoms with Gasteiger partial charge in [-0.05, 0) is 47.5 Å². The van der Waals surface area contributed by atoms with E-state index < -0.39 is 15.6 Å². The standard InChI is InChI=1S/C13H15BrN2O3S2/c1-13(2,12-15-5-6-20-12)16-21(18,19)11-7-9(8-17)3-4-10(11)14/h3-7,16-17H,8H2,1-2H3. The number of aliphatic hydroxyl groups is 1. The molecule has 0 unspecified atom stereocenters. The number of sulfonamides is 1. The van der Waals surface area contributed by atoms with Gasteiger partial charge in [-0.3, -0.25) is 0 Å². The number of hydrogen-bond donors (Lipinski definition) is 2. The molecule has 0 atom stereocenters. The molecule has 114 valence electrons. The molecule has 2 aromatic rings. The minimum atomic E-state index is -3.75. The Hall–Kier alpha value is -0.800. The van der Waals surface area contributed by atoms with Gasteiger partial charge in [-0.2, -0.15) is 4.72 Å². The number of hydrogen-bond acceptors (Lipinski definition) is 5. The molecule has 8 heteroatoms. The Morgan fingerprint density at radius 3 is 2.71 bits per heavy atom. The number of benzene rings is 1. The molecule has 5 nitrogen and oxygen atoms in total. The van der Waals surface area contributed by atoms with Crippen molar-refractivity contribution in [3.8, 4) is 0 Å². The fourth-order valence-electron chi connectivity index (χ4n) is 1.82. The third-order valence-corrected chi connectivity index (χ3v) is 6.57. The first-order valence-electron chi connectivity index (χ1n) is 6.09. The van der Waals surface area contributed by atoms with Gasteiger partial charge in [0, 0.05) is 16.0 Å². The van der Waals surface area contributed by atoms with Crippen molar-refractivity contribution in [2.24, 2.45) is 0 Å². The molecule has 0 saturated carbocycles. The van der Waals surface area contributed by atoms with Crippen molar-refractivity contribution in [3.05, 3.63) is 44.8 Å². The number of rotatable bonds is 5. The van der Waals surface area contributed by atoms with E-state index in [-0.39, 0.29) is 11.5 Å². The molecule has 0 radical (unpaired) electrons. The highest BCUT2D eigenvalue weighted by molar-refractivity contribution is 9.10. The quantitative estimate of drug-likeness (QED) is 0.821. The zero-order chi connectivity index (χ0) is 15.7. The van der Waals surface area contributed by atoms with Crippen LogP contribution in [0.4, 0.5) is 0 Å². The topological polar surface area (TPSA) is 79.3 Å². The molecule has 1 heterocycles. The summed E-state index contributed by atoms with van der Waals surface area (Å²) in [5.74, 6) is 0. The molecule has 0 aliphatic heterocycles. The Morgan fingerprint density at radius 2 is 2.14 bits per heavy atom. The first kappa shape index (κ1) is 16.6. The summed E-state index contributed by atoms with van der Waals surface area (Å²) in [7, 11) is -3.75. The monoisotopic (exact) mass is 390 g/mol. The van der Waals surface area contributed by atoms with E-state index in [4.69, 9.17) is 5.11 Å². The largest absolute Gasteiger partial charge is 0.392 e. The third kappa shape index (κ3) is 3.70. The summed E-state index contributed by atoms with van der Waals surface area (Å²) in [5.41, 5.74) is -0.285. The van der Waals surface area contributed by atoms with Crippen LogP contribution in [0, 0.1) is 0 Å². The fraction of sp³-hybridized carbons (Fsp3) is 0.308. The van der Waals surface area contributed by atoms with Gasteiger partial charge >= 0.3 is 0 Å². The molecule has 0 bridgehead atoms. The second-order valence-electron chi connectivity index (χ2n) is 4.99. The van der Waals surface area contributed by atoms with E-state index in [1.807, 2.05) is 0 Å². The van der Waals surface area contributed by atoms with Crippen LogP contribution in [-0.2, 0) is 22.2 Å². The summed E-state index contributed by atoms with van der Waals surface area (Å²) in [6, 6.07) is 4.72. The molecule has 2 rings (SSSR count). The highest BCUT2D eigenvalue weighted by Crippen LogP contribution is 2.28. The lowest BCUT2D eigenvalue weighted by molar-refractivity contribution is 0.281. The Balaban J connectivity index is 2.39. The van der Waals surface area contributed by atoms with E-state index in [2.05, 4.69) is 25.6 Å². The summed E-state index contributed by atoms with van der Waals surface area (Å²) < 4.78 is 28.3. The van der Waals surface area contributed by atoms with Gasteiger partial charge in [0.1, 0.15) is 5.01 Å². The average Bonchev–Trinajstić information content (AvgIpc) is 2.92. The van der Waals surface area contributed by atoms with Gasteiger partial charge < -0.3 is 5.11 Å². The lowest BCUT2D eigenvalue weighted by atomic mass is 10.1. The molecule has 1 aromatic heterocycles. The molecule has 0 saturated heterocycles. The Bertz CT molecular complexity index is 728. The summed E-state index contributed by atoms with van der Waals surface area (Å²) in [6.07, 6.45) is 1.64. The van der Waals surface area contributed by atoms with Crippen molar-refractivity contribution in [1.29, 1.82) is 0 Å². The highest BCUT2D eigenvalue weighted by Gasteiger charge is 2.31. The Morgan fingerprint density at radius 1 is 1.43 bits per heavy atom. The van der Waals surface area contributed by atoms with Gasteiger partial charge in [0.25, 0.3) is 0 Å². The van der Waals surface area contributed by atoms with Gasteiger partial charge in [-0.1, -0.05) is 6.07 Å². The van der Waals surface area contributed by atoms with E-state index in [0.717, 1.165) is 0 Å². The smallest absolute Gasteiger partial charge is 0.242 e. The molecule has 0 aliphatic rings. The lowest BCUT2D eigenvalue weighted by Gasteiger charge is -2.24. The second kappa shape index (κ2) is 6.13. The van der Waals surface area contributed by atoms with Crippen molar-refractivity contribution in [1.82, 2.24) is 9.71 Å². The van der Waals surface area contributed by atoms with Crippen molar-refractivity contribution in [3.63, 3.8) is 0 Å². The number of aromatic nitrogens is 1. The number of halogens is 1. The zero-order valence-electron chi connectivity index (χ0n) is 11.5. The minimum Gasteiger partial charge on any atom is -0.392 e. The Kier molecular flexibility index (Phi) is 4.84. The summed E-state index contributed by atoms with van der Waals surface area (Å²) in [4.78, 5) is 4.26. The van der Waals surface area contributed by atoms with Crippen molar-refractivity contribution in [2.75, 3.05) is 0 Å². The SMILES string of the molecule is CC(C)(NS(=O)(=O)c1cc(CO)ccc1Br)c1nccs1. The lowest BCUT2D eigenvalue weighted by Crippen LogP contribution is -2.41. The van der Waals surface area contributed by atoms with Crippen LogP contribution in [0.25, 0.3) is 0 Å². The van der Waals surface area contributed by atoms with Gasteiger partial charge in [0.05, 0.1) is 17.0 Å². The van der Waals surface area contributed by atoms with Crippen LogP contribution >= 0.6 is 27.3 Å². The molecule has 21 heavy (non-hydrogen) atoms. The van der Waals surface area contributed by atoms with Crippen molar-refractivity contribution >= 4 is 37.3 Å². The van der Waals surface area contributed by atoms with E-state index in [9.17, 15) is 8.42 Å². The molecular weight excluding hydrogens is 376 g/mol. The van der Waals surface area contributed by atoms with Gasteiger partial charge in [-0.15, -0.1) is 11.3 Å². The maximum absolute atomic E-state index is 12.6. The summed E-state index contributed by atoms with van der Waals surface area (Å²) in [6.45, 7) is 3.30. The molecule has 0 aliphatic carbocycles. The Labute approximate surface area is 136 Å². The minimum absolute atomic E-state index is 0.0960. The zero-order valence-corrected chi connectivity index (χ0v) is 14.7. The van der Waals surface area contributed by atoms with Crippen LogP contribution in [0.5, 0.6) is 0 Å². The average molecular weight is 391 g/mol. The molecule has 2 N–H and O–H groups in total. The number of thiazole rings is 1. The van der Waals surface area contributed by atoms with Crippen molar-refractivity contribution in [2.45, 2.75) is 30.9 Å². The van der Waals surface area contributed by atoms with E-state index in [1.165, 1.54) is 17.4 Å². The number of nitrogens with zero attached hydrogens (tertiary/aromatic N) is 1. The van der Waals surface area contributed by atoms with Crippen LogP contribution in [0.1, 0.15) is 24.4 Å². The summed E-state index contributed by atoms with van der Waals surface area (Å²) in [5, 5.41) is 11.6. The number of aliphatic hydroxyl groups excluding tert-OH is 1. The fourth-order valence-corrected chi connectivity index (χ4v) is 5.00. The molecular formula is C13H15BrN2O3S2.